The average molecular weight is 170 g/mol. The predicted octanol–water partition coefficient (Wildman–Crippen LogP) is 3.90. The van der Waals surface area contributed by atoms with E-state index in [1.54, 1.807) is 0 Å². The number of rotatable bonds is 0. The maximum absolute atomic E-state index is 3.05. The van der Waals surface area contributed by atoms with Gasteiger partial charge in [-0.3, -0.25) is 0 Å². The van der Waals surface area contributed by atoms with Crippen molar-refractivity contribution in [3.05, 3.63) is 46.9 Å². The summed E-state index contributed by atoms with van der Waals surface area (Å²) in [4.78, 5) is 0. The van der Waals surface area contributed by atoms with Crippen molar-refractivity contribution in [1.29, 1.82) is 0 Å². The van der Waals surface area contributed by atoms with Gasteiger partial charge in [-0.25, -0.2) is 0 Å². The molecule has 0 fully saturated rings. The third kappa shape index (κ3) is 2.00. The Bertz CT molecular complexity index is 384. The maximum Gasteiger partial charge on any atom is 0.00714 e. The lowest BCUT2D eigenvalue weighted by Crippen LogP contribution is -1.84. The van der Waals surface area contributed by atoms with Gasteiger partial charge in [0.05, 0.1) is 0 Å². The van der Waals surface area contributed by atoms with Crippen molar-refractivity contribution in [1.82, 2.24) is 0 Å². The van der Waals surface area contributed by atoms with E-state index in [1.807, 2.05) is 32.1 Å². The highest BCUT2D eigenvalue weighted by Gasteiger charge is 2.01. The standard InChI is InChI=1S/C11H8.C2H6/c1-9-5-4-7-10-6-2-3-8-11(9)10;1-2/h2-3,6-8H,1H3;1-2H3. The predicted molar refractivity (Wildman–Crippen MR) is 58.4 cm³/mol. The first-order valence-corrected chi connectivity index (χ1v) is 4.65. The van der Waals surface area contributed by atoms with Crippen LogP contribution >= 0.6 is 0 Å². The normalized spacial score (nSPS) is 11.2. The SMILES string of the molecule is CC.CC1=C=C=Cc2ccccc21. The van der Waals surface area contributed by atoms with Crippen molar-refractivity contribution < 1.29 is 0 Å². The number of allylic oxidation sites excluding steroid dienone is 1. The van der Waals surface area contributed by atoms with E-state index in [9.17, 15) is 0 Å². The van der Waals surface area contributed by atoms with E-state index >= 15 is 0 Å². The van der Waals surface area contributed by atoms with Crippen LogP contribution in [-0.2, 0) is 0 Å². The van der Waals surface area contributed by atoms with Gasteiger partial charge >= 0.3 is 0 Å². The molecule has 0 radical (unpaired) electrons. The van der Waals surface area contributed by atoms with E-state index in [0.717, 1.165) is 0 Å². The van der Waals surface area contributed by atoms with Gasteiger partial charge in [0.1, 0.15) is 0 Å². The third-order valence-corrected chi connectivity index (χ3v) is 1.85. The number of benzene rings is 1. The van der Waals surface area contributed by atoms with Crippen LogP contribution in [0.1, 0.15) is 31.9 Å². The van der Waals surface area contributed by atoms with E-state index < -0.39 is 0 Å². The molecule has 0 aliphatic heterocycles. The molecule has 0 amide bonds. The van der Waals surface area contributed by atoms with Crippen molar-refractivity contribution >= 4 is 11.6 Å². The zero-order chi connectivity index (χ0) is 9.68. The molecule has 0 saturated carbocycles. The van der Waals surface area contributed by atoms with Gasteiger partial charge in [-0.2, -0.15) is 0 Å². The molecule has 1 aromatic rings. The summed E-state index contributed by atoms with van der Waals surface area (Å²) in [5.41, 5.74) is 9.71. The second-order valence-electron chi connectivity index (χ2n) is 2.63. The number of hydrogen-bond acceptors (Lipinski definition) is 0. The molecule has 0 heteroatoms. The van der Waals surface area contributed by atoms with Gasteiger partial charge in [0.15, 0.2) is 0 Å². The molecule has 0 atom stereocenters. The molecule has 1 aromatic carbocycles. The largest absolute Gasteiger partial charge is 0.0693 e. The Morgan fingerprint density at radius 3 is 2.46 bits per heavy atom. The summed E-state index contributed by atoms with van der Waals surface area (Å²) in [6.45, 7) is 6.05. The van der Waals surface area contributed by atoms with Crippen molar-refractivity contribution in [3.63, 3.8) is 0 Å². The summed E-state index contributed by atoms with van der Waals surface area (Å²) in [7, 11) is 0. The van der Waals surface area contributed by atoms with Gasteiger partial charge in [-0.05, 0) is 24.1 Å². The Morgan fingerprint density at radius 2 is 1.77 bits per heavy atom. The molecule has 0 spiro atoms. The molecule has 0 nitrogen and oxygen atoms in total. The Kier molecular flexibility index (Phi) is 3.34. The molecule has 13 heavy (non-hydrogen) atoms. The summed E-state index contributed by atoms with van der Waals surface area (Å²) in [6.07, 6.45) is 1.96. The van der Waals surface area contributed by atoms with Crippen LogP contribution in [0, 0.1) is 0 Å². The number of hydrogen-bond donors (Lipinski definition) is 0. The first-order valence-electron chi connectivity index (χ1n) is 4.65. The van der Waals surface area contributed by atoms with E-state index in [2.05, 4.69) is 30.5 Å². The molecule has 66 valence electrons. The Morgan fingerprint density at radius 1 is 1.08 bits per heavy atom. The van der Waals surface area contributed by atoms with Crippen LogP contribution in [0.2, 0.25) is 0 Å². The topological polar surface area (TPSA) is 0 Å². The summed E-state index contributed by atoms with van der Waals surface area (Å²) in [5, 5.41) is 0. The lowest BCUT2D eigenvalue weighted by molar-refractivity contribution is 1.50. The van der Waals surface area contributed by atoms with Crippen LogP contribution in [0.3, 0.4) is 0 Å². The van der Waals surface area contributed by atoms with Crippen molar-refractivity contribution in [2.45, 2.75) is 20.8 Å². The van der Waals surface area contributed by atoms with E-state index in [-0.39, 0.29) is 0 Å². The molecule has 0 N–H and O–H groups in total. The van der Waals surface area contributed by atoms with E-state index in [0.29, 0.717) is 0 Å². The van der Waals surface area contributed by atoms with Gasteiger partial charge < -0.3 is 0 Å². The monoisotopic (exact) mass is 170 g/mol. The minimum Gasteiger partial charge on any atom is -0.0693 e. The second kappa shape index (κ2) is 4.52. The maximum atomic E-state index is 3.05. The van der Waals surface area contributed by atoms with Crippen LogP contribution < -0.4 is 0 Å². The molecular weight excluding hydrogens is 156 g/mol. The molecular formula is C13H14. The molecule has 0 saturated heterocycles. The Hall–Kier alpha value is -1.48. The van der Waals surface area contributed by atoms with Crippen LogP contribution in [0.5, 0.6) is 0 Å². The fourth-order valence-corrected chi connectivity index (χ4v) is 1.25. The summed E-state index contributed by atoms with van der Waals surface area (Å²) in [6, 6.07) is 8.28. The average Bonchev–Trinajstić information content (AvgIpc) is 2.22. The lowest BCUT2D eigenvalue weighted by atomic mass is 9.99. The highest BCUT2D eigenvalue weighted by atomic mass is 14.0. The molecule has 2 rings (SSSR count). The van der Waals surface area contributed by atoms with Gasteiger partial charge in [-0.1, -0.05) is 49.6 Å². The first kappa shape index (κ1) is 9.61. The quantitative estimate of drug-likeness (QED) is 0.518. The highest BCUT2D eigenvalue weighted by Crippen LogP contribution is 2.20. The lowest BCUT2D eigenvalue weighted by Gasteiger charge is -2.04. The fourth-order valence-electron chi connectivity index (χ4n) is 1.25. The van der Waals surface area contributed by atoms with Crippen LogP contribution in [-0.4, -0.2) is 0 Å². The van der Waals surface area contributed by atoms with E-state index in [1.165, 1.54) is 16.7 Å². The van der Waals surface area contributed by atoms with Crippen LogP contribution in [0.4, 0.5) is 0 Å². The Labute approximate surface area is 79.9 Å². The fraction of sp³-hybridized carbons (Fsp3) is 0.231. The van der Waals surface area contributed by atoms with Crippen LogP contribution in [0.15, 0.2) is 35.7 Å². The highest BCUT2D eigenvalue weighted by molar-refractivity contribution is 5.75. The summed E-state index contributed by atoms with van der Waals surface area (Å²) in [5.74, 6) is 0. The first-order chi connectivity index (χ1) is 6.38. The molecule has 0 aromatic heterocycles. The zero-order valence-corrected chi connectivity index (χ0v) is 8.39. The smallest absolute Gasteiger partial charge is 0.00714 e. The molecule has 1 aliphatic carbocycles. The third-order valence-electron chi connectivity index (χ3n) is 1.85. The van der Waals surface area contributed by atoms with Crippen molar-refractivity contribution in [2.24, 2.45) is 0 Å². The second-order valence-corrected chi connectivity index (χ2v) is 2.63. The van der Waals surface area contributed by atoms with Gasteiger partial charge in [-0.15, -0.1) is 0 Å². The molecule has 1 aliphatic rings. The zero-order valence-electron chi connectivity index (χ0n) is 8.39. The minimum absolute atomic E-state index is 1.17. The van der Waals surface area contributed by atoms with Gasteiger partial charge in [0, 0.05) is 5.57 Å². The van der Waals surface area contributed by atoms with Gasteiger partial charge in [0.2, 0.25) is 0 Å². The van der Waals surface area contributed by atoms with Crippen molar-refractivity contribution in [3.8, 4) is 0 Å². The van der Waals surface area contributed by atoms with E-state index in [4.69, 9.17) is 0 Å². The number of fused-ring (bicyclic) bond motifs is 1. The summed E-state index contributed by atoms with van der Waals surface area (Å²) >= 11 is 0. The molecule has 0 unspecified atom stereocenters. The van der Waals surface area contributed by atoms with Gasteiger partial charge in [0.25, 0.3) is 0 Å². The molecule has 0 heterocycles. The molecule has 0 bridgehead atoms. The minimum atomic E-state index is 1.17. The van der Waals surface area contributed by atoms with Crippen LogP contribution in [0.25, 0.3) is 11.6 Å². The Balaban J connectivity index is 0.000000396. The summed E-state index contributed by atoms with van der Waals surface area (Å²) < 4.78 is 0. The van der Waals surface area contributed by atoms with Crippen molar-refractivity contribution in [2.75, 3.05) is 0 Å².